The van der Waals surface area contributed by atoms with Crippen molar-refractivity contribution in [2.24, 2.45) is 0 Å². The maximum Gasteiger partial charge on any atom is 0.269 e. The van der Waals surface area contributed by atoms with Crippen LogP contribution in [0.25, 0.3) is 22.2 Å². The molecule has 5 rings (SSSR count). The van der Waals surface area contributed by atoms with Crippen molar-refractivity contribution in [3.63, 3.8) is 0 Å². The van der Waals surface area contributed by atoms with Crippen LogP contribution in [-0.4, -0.2) is 14.5 Å². The molecule has 0 unspecified atom stereocenters. The molecule has 3 aromatic carbocycles. The number of nitrogens with zero attached hydrogens (tertiary/aromatic N) is 3. The Hall–Kier alpha value is -2.81. The van der Waals surface area contributed by atoms with E-state index < -0.39 is 0 Å². The third-order valence-corrected chi connectivity index (χ3v) is 7.79. The molecular formula is C26H19Br2N3O2S. The highest BCUT2D eigenvalue weighted by Gasteiger charge is 2.17. The van der Waals surface area contributed by atoms with E-state index in [2.05, 4.69) is 85.8 Å². The van der Waals surface area contributed by atoms with E-state index in [4.69, 9.17) is 4.98 Å². The molecule has 0 spiro atoms. The summed E-state index contributed by atoms with van der Waals surface area (Å²) in [5, 5.41) is 15.2. The van der Waals surface area contributed by atoms with Crippen LogP contribution in [0.4, 0.5) is 5.69 Å². The van der Waals surface area contributed by atoms with Gasteiger partial charge in [0.05, 0.1) is 15.6 Å². The summed E-state index contributed by atoms with van der Waals surface area (Å²) in [5.74, 6) is 0. The van der Waals surface area contributed by atoms with Gasteiger partial charge >= 0.3 is 0 Å². The molecule has 0 saturated carbocycles. The lowest BCUT2D eigenvalue weighted by Gasteiger charge is -2.09. The fourth-order valence-electron chi connectivity index (χ4n) is 4.15. The maximum atomic E-state index is 10.9. The zero-order valence-corrected chi connectivity index (χ0v) is 22.2. The Kier molecular flexibility index (Phi) is 6.38. The average molecular weight is 597 g/mol. The number of thiazole rings is 1. The monoisotopic (exact) mass is 595 g/mol. The van der Waals surface area contributed by atoms with E-state index in [0.717, 1.165) is 38.2 Å². The van der Waals surface area contributed by atoms with Gasteiger partial charge in [-0.15, -0.1) is 11.3 Å². The van der Waals surface area contributed by atoms with Gasteiger partial charge in [0.2, 0.25) is 0 Å². The molecule has 5 nitrogen and oxygen atoms in total. The highest BCUT2D eigenvalue weighted by molar-refractivity contribution is 9.10. The third kappa shape index (κ3) is 4.58. The molecule has 0 radical (unpaired) electrons. The third-order valence-electron chi connectivity index (χ3n) is 5.92. The SMILES string of the molecule is Cc1c(Cc2nc(-c3ccc([N+](=O)[O-])cc3)cs2)c2cc(Br)ccc2n1Cc1ccc(Br)cc1. The Bertz CT molecular complexity index is 1510. The second-order valence-electron chi connectivity index (χ2n) is 8.05. The molecule has 0 amide bonds. The van der Waals surface area contributed by atoms with E-state index in [-0.39, 0.29) is 10.6 Å². The average Bonchev–Trinajstić information content (AvgIpc) is 3.39. The van der Waals surface area contributed by atoms with Crippen molar-refractivity contribution < 1.29 is 4.92 Å². The number of nitro groups is 1. The minimum atomic E-state index is -0.388. The molecule has 0 aliphatic rings. The molecule has 2 heterocycles. The summed E-state index contributed by atoms with van der Waals surface area (Å²) in [6, 6.07) is 21.4. The van der Waals surface area contributed by atoms with Crippen LogP contribution in [-0.2, 0) is 13.0 Å². The molecule has 0 N–H and O–H groups in total. The van der Waals surface area contributed by atoms with Crippen molar-refractivity contribution in [2.75, 3.05) is 0 Å². The number of benzene rings is 3. The maximum absolute atomic E-state index is 10.9. The number of fused-ring (bicyclic) bond motifs is 1. The lowest BCUT2D eigenvalue weighted by molar-refractivity contribution is -0.384. The lowest BCUT2D eigenvalue weighted by Crippen LogP contribution is -2.02. The summed E-state index contributed by atoms with van der Waals surface area (Å²) in [5.41, 5.74) is 6.73. The van der Waals surface area contributed by atoms with E-state index in [1.807, 2.05) is 5.38 Å². The van der Waals surface area contributed by atoms with Crippen LogP contribution >= 0.6 is 43.2 Å². The highest BCUT2D eigenvalue weighted by Crippen LogP contribution is 2.33. The van der Waals surface area contributed by atoms with E-state index in [9.17, 15) is 10.1 Å². The quantitative estimate of drug-likeness (QED) is 0.147. The Morgan fingerprint density at radius 3 is 2.41 bits per heavy atom. The standard InChI is InChI=1S/C26H19Br2N3O2S/c1-16-22(13-26-29-24(15-34-26)18-4-9-21(10-5-18)31(32)33)23-12-20(28)8-11-25(23)30(16)14-17-2-6-19(27)7-3-17/h2-12,15H,13-14H2,1H3. The van der Waals surface area contributed by atoms with Crippen LogP contribution in [0.5, 0.6) is 0 Å². The van der Waals surface area contributed by atoms with Gasteiger partial charge in [0.1, 0.15) is 0 Å². The van der Waals surface area contributed by atoms with E-state index in [1.165, 1.54) is 39.9 Å². The van der Waals surface area contributed by atoms with Crippen LogP contribution in [0.1, 0.15) is 21.8 Å². The van der Waals surface area contributed by atoms with Crippen molar-refractivity contribution in [2.45, 2.75) is 19.9 Å². The molecule has 0 atom stereocenters. The van der Waals surface area contributed by atoms with E-state index in [1.54, 1.807) is 23.5 Å². The normalized spacial score (nSPS) is 11.3. The summed E-state index contributed by atoms with van der Waals surface area (Å²) in [4.78, 5) is 15.4. The molecule has 0 fully saturated rings. The number of non-ortho nitro benzene ring substituents is 1. The van der Waals surface area contributed by atoms with Crippen LogP contribution in [0.2, 0.25) is 0 Å². The van der Waals surface area contributed by atoms with Crippen LogP contribution in [0.15, 0.2) is 81.1 Å². The van der Waals surface area contributed by atoms with Gasteiger partial charge in [-0.3, -0.25) is 10.1 Å². The summed E-state index contributed by atoms with van der Waals surface area (Å²) in [6.07, 6.45) is 0.726. The molecule has 5 aromatic rings. The smallest absolute Gasteiger partial charge is 0.269 e. The largest absolute Gasteiger partial charge is 0.340 e. The predicted molar refractivity (Wildman–Crippen MR) is 145 cm³/mol. The molecule has 2 aromatic heterocycles. The van der Waals surface area contributed by atoms with Crippen molar-refractivity contribution in [3.8, 4) is 11.3 Å². The molecule has 8 heteroatoms. The summed E-state index contributed by atoms with van der Waals surface area (Å²) in [6.45, 7) is 2.97. The molecule has 0 bridgehead atoms. The zero-order chi connectivity index (χ0) is 23.8. The zero-order valence-electron chi connectivity index (χ0n) is 18.2. The summed E-state index contributed by atoms with van der Waals surface area (Å²) < 4.78 is 4.49. The van der Waals surface area contributed by atoms with Crippen LogP contribution in [0, 0.1) is 17.0 Å². The minimum absolute atomic E-state index is 0.0824. The van der Waals surface area contributed by atoms with E-state index in [0.29, 0.717) is 0 Å². The van der Waals surface area contributed by atoms with Gasteiger partial charge in [0.15, 0.2) is 0 Å². The molecule has 170 valence electrons. The number of aromatic nitrogens is 2. The fourth-order valence-corrected chi connectivity index (χ4v) is 5.59. The Morgan fingerprint density at radius 1 is 1.00 bits per heavy atom. The first-order chi connectivity index (χ1) is 16.4. The van der Waals surface area contributed by atoms with Gasteiger partial charge in [-0.2, -0.15) is 0 Å². The Morgan fingerprint density at radius 2 is 1.71 bits per heavy atom. The van der Waals surface area contributed by atoms with Gasteiger partial charge in [-0.1, -0.05) is 44.0 Å². The molecule has 0 saturated heterocycles. The van der Waals surface area contributed by atoms with Crippen molar-refractivity contribution >= 4 is 59.8 Å². The fraction of sp³-hybridized carbons (Fsp3) is 0.115. The van der Waals surface area contributed by atoms with Crippen molar-refractivity contribution in [1.82, 2.24) is 9.55 Å². The summed E-state index contributed by atoms with van der Waals surface area (Å²) in [7, 11) is 0. The predicted octanol–water partition coefficient (Wildman–Crippen LogP) is 8.15. The topological polar surface area (TPSA) is 61.0 Å². The number of hydrogen-bond donors (Lipinski definition) is 0. The van der Waals surface area contributed by atoms with Gasteiger partial charge in [-0.25, -0.2) is 4.98 Å². The van der Waals surface area contributed by atoms with Crippen molar-refractivity contribution in [3.05, 3.63) is 113 Å². The number of nitro benzene ring substituents is 1. The van der Waals surface area contributed by atoms with E-state index >= 15 is 0 Å². The van der Waals surface area contributed by atoms with Gasteiger partial charge in [-0.05, 0) is 60.5 Å². The van der Waals surface area contributed by atoms with Crippen LogP contribution < -0.4 is 0 Å². The lowest BCUT2D eigenvalue weighted by atomic mass is 10.1. The molecule has 0 aliphatic heterocycles. The molecule has 0 aliphatic carbocycles. The second-order valence-corrected chi connectivity index (χ2v) is 10.8. The minimum Gasteiger partial charge on any atom is -0.340 e. The molecular weight excluding hydrogens is 578 g/mol. The second kappa shape index (κ2) is 9.44. The number of rotatable bonds is 6. The van der Waals surface area contributed by atoms with Gasteiger partial charge < -0.3 is 4.57 Å². The summed E-state index contributed by atoms with van der Waals surface area (Å²) >= 11 is 8.77. The first kappa shape index (κ1) is 23.0. The Labute approximate surface area is 217 Å². The highest BCUT2D eigenvalue weighted by atomic mass is 79.9. The first-order valence-corrected chi connectivity index (χ1v) is 13.1. The molecule has 34 heavy (non-hydrogen) atoms. The number of halogens is 2. The van der Waals surface area contributed by atoms with Gasteiger partial charge in [0, 0.05) is 61.6 Å². The van der Waals surface area contributed by atoms with Crippen molar-refractivity contribution in [1.29, 1.82) is 0 Å². The Balaban J connectivity index is 1.49. The van der Waals surface area contributed by atoms with Gasteiger partial charge in [0.25, 0.3) is 5.69 Å². The van der Waals surface area contributed by atoms with Crippen LogP contribution in [0.3, 0.4) is 0 Å². The first-order valence-electron chi connectivity index (χ1n) is 10.6. The number of hydrogen-bond acceptors (Lipinski definition) is 4.